The number of hydrogen-bond acceptors (Lipinski definition) is 4. The summed E-state index contributed by atoms with van der Waals surface area (Å²) in [6.45, 7) is 2.25. The molecule has 0 N–H and O–H groups in total. The van der Waals surface area contributed by atoms with Crippen LogP contribution in [0.4, 0.5) is 0 Å². The zero-order valence-corrected chi connectivity index (χ0v) is 9.17. The van der Waals surface area contributed by atoms with Gasteiger partial charge in [-0.25, -0.2) is 4.79 Å². The van der Waals surface area contributed by atoms with Crippen molar-refractivity contribution in [3.05, 3.63) is 22.4 Å². The van der Waals surface area contributed by atoms with Gasteiger partial charge in [0.25, 0.3) is 0 Å². The van der Waals surface area contributed by atoms with Gasteiger partial charge in [-0.3, -0.25) is 0 Å². The van der Waals surface area contributed by atoms with E-state index in [0.717, 1.165) is 6.42 Å². The Hall–Kier alpha value is -0.870. The lowest BCUT2D eigenvalue weighted by Gasteiger charge is -2.09. The van der Waals surface area contributed by atoms with Gasteiger partial charge in [0.15, 0.2) is 6.10 Å². The number of carbonyl (C=O) groups excluding carboxylic acids is 1. The van der Waals surface area contributed by atoms with Crippen LogP contribution in [-0.2, 0) is 20.7 Å². The van der Waals surface area contributed by atoms with Crippen LogP contribution in [0.1, 0.15) is 11.8 Å². The molecule has 1 aromatic heterocycles. The smallest absolute Gasteiger partial charge is 0.334 e. The zero-order valence-electron chi connectivity index (χ0n) is 8.36. The first-order chi connectivity index (χ1) is 6.74. The van der Waals surface area contributed by atoms with Crippen molar-refractivity contribution in [2.45, 2.75) is 19.4 Å². The lowest BCUT2D eigenvalue weighted by atomic mass is 10.3. The maximum atomic E-state index is 11.0. The number of ether oxygens (including phenoxy) is 2. The van der Waals surface area contributed by atoms with Gasteiger partial charge in [0, 0.05) is 11.3 Å². The van der Waals surface area contributed by atoms with Gasteiger partial charge in [0.05, 0.1) is 13.7 Å². The van der Waals surface area contributed by atoms with E-state index in [4.69, 9.17) is 4.74 Å². The van der Waals surface area contributed by atoms with E-state index in [2.05, 4.69) is 10.8 Å². The predicted octanol–water partition coefficient (Wildman–Crippen LogP) is 1.87. The van der Waals surface area contributed by atoms with E-state index in [9.17, 15) is 4.79 Å². The Morgan fingerprint density at radius 1 is 1.64 bits per heavy atom. The number of hydrogen-bond donors (Lipinski definition) is 0. The van der Waals surface area contributed by atoms with Crippen molar-refractivity contribution in [3.8, 4) is 0 Å². The van der Waals surface area contributed by atoms with Crippen molar-refractivity contribution in [2.75, 3.05) is 13.7 Å². The summed E-state index contributed by atoms with van der Waals surface area (Å²) in [6.07, 6.45) is 0.374. The minimum absolute atomic E-state index is 0.323. The summed E-state index contributed by atoms with van der Waals surface area (Å²) in [4.78, 5) is 12.2. The summed E-state index contributed by atoms with van der Waals surface area (Å²) in [5.41, 5.74) is 0. The topological polar surface area (TPSA) is 35.5 Å². The first-order valence-corrected chi connectivity index (χ1v) is 5.34. The summed E-state index contributed by atoms with van der Waals surface area (Å²) < 4.78 is 9.84. The molecule has 0 aliphatic carbocycles. The van der Waals surface area contributed by atoms with E-state index in [1.54, 1.807) is 18.3 Å². The van der Waals surface area contributed by atoms with Crippen molar-refractivity contribution in [2.24, 2.45) is 0 Å². The highest BCUT2D eigenvalue weighted by Crippen LogP contribution is 2.09. The second-order valence-corrected chi connectivity index (χ2v) is 3.90. The van der Waals surface area contributed by atoms with E-state index in [1.807, 2.05) is 11.4 Å². The van der Waals surface area contributed by atoms with Gasteiger partial charge in [-0.15, -0.1) is 11.3 Å². The third kappa shape index (κ3) is 3.47. The molecule has 0 aliphatic heterocycles. The average Bonchev–Trinajstić information content (AvgIpc) is 2.69. The van der Waals surface area contributed by atoms with Gasteiger partial charge in [0.2, 0.25) is 0 Å². The molecule has 1 rings (SSSR count). The van der Waals surface area contributed by atoms with Crippen LogP contribution in [0.2, 0.25) is 0 Å². The summed E-state index contributed by atoms with van der Waals surface area (Å²) >= 11 is 1.69. The Morgan fingerprint density at radius 3 is 3.00 bits per heavy atom. The van der Waals surface area contributed by atoms with Crippen LogP contribution in [0, 0.1) is 0 Å². The van der Waals surface area contributed by atoms with Gasteiger partial charge in [0.1, 0.15) is 0 Å². The molecule has 0 unspecified atom stereocenters. The maximum Gasteiger partial charge on any atom is 0.334 e. The standard InChI is InChI=1S/C10H14O3S/c1-8(10(11)12-2)13-6-5-9-4-3-7-14-9/h3-4,7-8H,5-6H2,1-2H3/t8-/m0/s1. The normalized spacial score (nSPS) is 12.4. The summed E-state index contributed by atoms with van der Waals surface area (Å²) in [7, 11) is 1.36. The van der Waals surface area contributed by atoms with Gasteiger partial charge in [-0.2, -0.15) is 0 Å². The first-order valence-electron chi connectivity index (χ1n) is 4.46. The lowest BCUT2D eigenvalue weighted by Crippen LogP contribution is -2.22. The molecule has 1 atom stereocenters. The molecule has 0 amide bonds. The number of carbonyl (C=O) groups is 1. The van der Waals surface area contributed by atoms with E-state index < -0.39 is 6.10 Å². The lowest BCUT2D eigenvalue weighted by molar-refractivity contribution is -0.152. The van der Waals surface area contributed by atoms with E-state index in [-0.39, 0.29) is 5.97 Å². The monoisotopic (exact) mass is 214 g/mol. The van der Waals surface area contributed by atoms with E-state index >= 15 is 0 Å². The predicted molar refractivity (Wildman–Crippen MR) is 55.5 cm³/mol. The Kier molecular flexibility index (Phi) is 4.62. The fraction of sp³-hybridized carbons (Fsp3) is 0.500. The molecule has 14 heavy (non-hydrogen) atoms. The van der Waals surface area contributed by atoms with Crippen LogP contribution in [0.15, 0.2) is 17.5 Å². The summed E-state index contributed by atoms with van der Waals surface area (Å²) in [5.74, 6) is -0.323. The van der Waals surface area contributed by atoms with Gasteiger partial charge in [-0.1, -0.05) is 6.07 Å². The van der Waals surface area contributed by atoms with Crippen LogP contribution in [-0.4, -0.2) is 25.8 Å². The number of esters is 1. The quantitative estimate of drug-likeness (QED) is 0.702. The first kappa shape index (κ1) is 11.2. The molecule has 0 aromatic carbocycles. The van der Waals surface area contributed by atoms with Crippen molar-refractivity contribution >= 4 is 17.3 Å². The fourth-order valence-corrected chi connectivity index (χ4v) is 1.72. The molecule has 0 bridgehead atoms. The largest absolute Gasteiger partial charge is 0.467 e. The molecule has 3 nitrogen and oxygen atoms in total. The minimum atomic E-state index is -0.472. The van der Waals surface area contributed by atoms with Crippen LogP contribution < -0.4 is 0 Å². The van der Waals surface area contributed by atoms with Crippen molar-refractivity contribution < 1.29 is 14.3 Å². The van der Waals surface area contributed by atoms with Crippen LogP contribution in [0.5, 0.6) is 0 Å². The van der Waals surface area contributed by atoms with Crippen LogP contribution >= 0.6 is 11.3 Å². The number of thiophene rings is 1. The highest BCUT2D eigenvalue weighted by atomic mass is 32.1. The third-order valence-electron chi connectivity index (χ3n) is 1.83. The molecule has 4 heteroatoms. The number of rotatable bonds is 5. The molecule has 0 aliphatic rings. The van der Waals surface area contributed by atoms with Gasteiger partial charge in [-0.05, 0) is 18.4 Å². The SMILES string of the molecule is COC(=O)[C@H](C)OCCc1cccs1. The summed E-state index contributed by atoms with van der Waals surface area (Å²) in [6, 6.07) is 4.06. The number of methoxy groups -OCH3 is 1. The maximum absolute atomic E-state index is 11.0. The molecule has 0 saturated heterocycles. The molecular weight excluding hydrogens is 200 g/mol. The Balaban J connectivity index is 2.18. The molecule has 78 valence electrons. The van der Waals surface area contributed by atoms with Gasteiger partial charge < -0.3 is 9.47 Å². The van der Waals surface area contributed by atoms with Gasteiger partial charge >= 0.3 is 5.97 Å². The zero-order chi connectivity index (χ0) is 10.4. The highest BCUT2D eigenvalue weighted by molar-refractivity contribution is 7.09. The fourth-order valence-electron chi connectivity index (χ4n) is 1.03. The minimum Gasteiger partial charge on any atom is -0.467 e. The second-order valence-electron chi connectivity index (χ2n) is 2.87. The Labute approximate surface area is 87.7 Å². The highest BCUT2D eigenvalue weighted by Gasteiger charge is 2.12. The van der Waals surface area contributed by atoms with E-state index in [1.165, 1.54) is 12.0 Å². The molecule has 1 aromatic rings. The van der Waals surface area contributed by atoms with Crippen molar-refractivity contribution in [3.63, 3.8) is 0 Å². The Bertz CT molecular complexity index is 269. The molecular formula is C10H14O3S. The molecule has 0 radical (unpaired) electrons. The summed E-state index contributed by atoms with van der Waals surface area (Å²) in [5, 5.41) is 2.03. The third-order valence-corrected chi connectivity index (χ3v) is 2.77. The van der Waals surface area contributed by atoms with Crippen LogP contribution in [0.3, 0.4) is 0 Å². The van der Waals surface area contributed by atoms with Crippen LogP contribution in [0.25, 0.3) is 0 Å². The second kappa shape index (κ2) is 5.78. The van der Waals surface area contributed by atoms with Crippen molar-refractivity contribution in [1.82, 2.24) is 0 Å². The van der Waals surface area contributed by atoms with Crippen molar-refractivity contribution in [1.29, 1.82) is 0 Å². The molecule has 0 saturated carbocycles. The molecule has 0 spiro atoms. The Morgan fingerprint density at radius 2 is 2.43 bits per heavy atom. The molecule has 1 heterocycles. The molecule has 0 fully saturated rings. The average molecular weight is 214 g/mol. The van der Waals surface area contributed by atoms with E-state index in [0.29, 0.717) is 6.61 Å².